The number of carbonyl (C=O) groups excluding carboxylic acids is 4. The molecule has 0 radical (unpaired) electrons. The minimum absolute atomic E-state index is 0.0174. The molecule has 38 heavy (non-hydrogen) atoms. The highest BCUT2D eigenvalue weighted by atomic mass is 16.4. The quantitative estimate of drug-likeness (QED) is 0.0568. The molecule has 1 rings (SSSR count). The number of aliphatic hydroxyl groups is 1. The van der Waals surface area contributed by atoms with Crippen LogP contribution in [0.4, 0.5) is 0 Å². The van der Waals surface area contributed by atoms with Gasteiger partial charge >= 0.3 is 5.97 Å². The van der Waals surface area contributed by atoms with Gasteiger partial charge in [0, 0.05) is 13.0 Å². The number of nitrogens with two attached hydrogens (primary N) is 4. The number of hydrogen-bond acceptors (Lipinski definition) is 8. The van der Waals surface area contributed by atoms with Gasteiger partial charge < -0.3 is 49.1 Å². The Bertz CT molecular complexity index is 999. The highest BCUT2D eigenvalue weighted by molar-refractivity contribution is 5.95. The number of amides is 4. The normalized spacial score (nSPS) is 14.6. The summed E-state index contributed by atoms with van der Waals surface area (Å²) < 4.78 is 0. The molecule has 15 nitrogen and oxygen atoms in total. The van der Waals surface area contributed by atoms with E-state index in [1.54, 1.807) is 30.3 Å². The molecular weight excluding hydrogens is 500 g/mol. The van der Waals surface area contributed by atoms with Crippen LogP contribution in [0.15, 0.2) is 35.3 Å². The fourth-order valence-corrected chi connectivity index (χ4v) is 3.26. The van der Waals surface area contributed by atoms with Gasteiger partial charge in [-0.25, -0.2) is 4.79 Å². The summed E-state index contributed by atoms with van der Waals surface area (Å²) >= 11 is 0. The second kappa shape index (κ2) is 15.8. The first-order chi connectivity index (χ1) is 17.8. The Morgan fingerprint density at radius 1 is 0.895 bits per heavy atom. The Hall–Kier alpha value is -4.24. The van der Waals surface area contributed by atoms with Gasteiger partial charge in [0.2, 0.25) is 23.6 Å². The Balaban J connectivity index is 3.16. The third kappa shape index (κ3) is 11.7. The number of aliphatic hydroxyl groups excluding tert-OH is 1. The van der Waals surface area contributed by atoms with E-state index in [4.69, 9.17) is 22.9 Å². The highest BCUT2D eigenvalue weighted by Gasteiger charge is 2.31. The minimum atomic E-state index is -1.62. The molecular formula is C23H36N8O7. The minimum Gasteiger partial charge on any atom is -0.480 e. The lowest BCUT2D eigenvalue weighted by Gasteiger charge is -2.25. The topological polar surface area (TPSA) is 278 Å². The molecule has 5 unspecified atom stereocenters. The number of benzene rings is 1. The smallest absolute Gasteiger partial charge is 0.326 e. The molecule has 0 aliphatic rings. The molecule has 0 spiro atoms. The lowest BCUT2D eigenvalue weighted by Crippen LogP contribution is -2.58. The van der Waals surface area contributed by atoms with Gasteiger partial charge in [-0.15, -0.1) is 0 Å². The molecule has 0 aromatic heterocycles. The number of aliphatic imine (C=N–C) groups is 1. The van der Waals surface area contributed by atoms with Crippen molar-refractivity contribution in [3.63, 3.8) is 0 Å². The van der Waals surface area contributed by atoms with Crippen LogP contribution in [0.25, 0.3) is 0 Å². The number of aliphatic carboxylic acids is 1. The van der Waals surface area contributed by atoms with Gasteiger partial charge in [-0.05, 0) is 25.3 Å². The van der Waals surface area contributed by atoms with Crippen LogP contribution < -0.4 is 38.9 Å². The summed E-state index contributed by atoms with van der Waals surface area (Å²) in [5.41, 5.74) is 22.0. The van der Waals surface area contributed by atoms with Crippen LogP contribution in [0, 0.1) is 0 Å². The summed E-state index contributed by atoms with van der Waals surface area (Å²) in [5.74, 6) is -5.10. The maximum absolute atomic E-state index is 13.3. The lowest BCUT2D eigenvalue weighted by molar-refractivity contribution is -0.143. The van der Waals surface area contributed by atoms with Crippen LogP contribution in [0.5, 0.6) is 0 Å². The van der Waals surface area contributed by atoms with E-state index in [1.165, 1.54) is 6.92 Å². The summed E-state index contributed by atoms with van der Waals surface area (Å²) in [6.45, 7) is 1.43. The first-order valence-electron chi connectivity index (χ1n) is 11.8. The fraction of sp³-hybridized carbons (Fsp3) is 0.478. The SMILES string of the molecule is CC(O)C(N)C(=O)NC(Cc1ccccc1)C(=O)NC(CCCN=C(N)N)C(=O)NC(CC(N)=O)C(=O)O. The van der Waals surface area contributed by atoms with Crippen molar-refractivity contribution in [1.82, 2.24) is 16.0 Å². The number of guanidine groups is 1. The van der Waals surface area contributed by atoms with E-state index in [0.29, 0.717) is 5.56 Å². The van der Waals surface area contributed by atoms with Crippen molar-refractivity contribution in [3.05, 3.63) is 35.9 Å². The maximum Gasteiger partial charge on any atom is 0.326 e. The van der Waals surface area contributed by atoms with Crippen molar-refractivity contribution in [1.29, 1.82) is 0 Å². The van der Waals surface area contributed by atoms with Crippen molar-refractivity contribution in [2.24, 2.45) is 27.9 Å². The van der Waals surface area contributed by atoms with Crippen LogP contribution in [-0.4, -0.2) is 82.6 Å². The van der Waals surface area contributed by atoms with E-state index >= 15 is 0 Å². The summed E-state index contributed by atoms with van der Waals surface area (Å²) in [6, 6.07) is 3.25. The number of nitrogens with zero attached hydrogens (tertiary/aromatic N) is 1. The molecule has 0 saturated heterocycles. The first kappa shape index (κ1) is 31.8. The number of carboxylic acids is 1. The molecule has 0 aliphatic heterocycles. The number of carbonyl (C=O) groups is 5. The van der Waals surface area contributed by atoms with Gasteiger partial charge in [0.15, 0.2) is 5.96 Å². The molecule has 5 atom stereocenters. The summed E-state index contributed by atoms with van der Waals surface area (Å²) in [5, 5.41) is 26.1. The number of carboxylic acid groups (broad SMARTS) is 1. The van der Waals surface area contributed by atoms with Crippen molar-refractivity contribution in [2.45, 2.75) is 62.9 Å². The van der Waals surface area contributed by atoms with E-state index in [0.717, 1.165) is 0 Å². The molecule has 0 saturated carbocycles. The molecule has 1 aromatic carbocycles. The zero-order valence-electron chi connectivity index (χ0n) is 21.0. The predicted molar refractivity (Wildman–Crippen MR) is 137 cm³/mol. The zero-order chi connectivity index (χ0) is 28.8. The van der Waals surface area contributed by atoms with Crippen molar-refractivity contribution in [2.75, 3.05) is 6.54 Å². The van der Waals surface area contributed by atoms with Gasteiger partial charge in [0.1, 0.15) is 24.2 Å². The number of hydrogen-bond donors (Lipinski definition) is 9. The van der Waals surface area contributed by atoms with Gasteiger partial charge in [-0.2, -0.15) is 0 Å². The average molecular weight is 537 g/mol. The Kier molecular flexibility index (Phi) is 13.2. The molecule has 0 heterocycles. The Morgan fingerprint density at radius 2 is 1.45 bits per heavy atom. The molecule has 0 fully saturated rings. The van der Waals surface area contributed by atoms with Crippen molar-refractivity contribution >= 4 is 35.6 Å². The number of primary amides is 1. The average Bonchev–Trinajstić information content (AvgIpc) is 2.84. The first-order valence-corrected chi connectivity index (χ1v) is 11.8. The third-order valence-electron chi connectivity index (χ3n) is 5.34. The van der Waals surface area contributed by atoms with Crippen molar-refractivity contribution < 1.29 is 34.2 Å². The van der Waals surface area contributed by atoms with Crippen LogP contribution in [0.2, 0.25) is 0 Å². The van der Waals surface area contributed by atoms with Gasteiger partial charge in [0.05, 0.1) is 12.5 Å². The van der Waals surface area contributed by atoms with Gasteiger partial charge in [0.25, 0.3) is 0 Å². The van der Waals surface area contributed by atoms with Gasteiger partial charge in [-0.3, -0.25) is 24.2 Å². The summed E-state index contributed by atoms with van der Waals surface area (Å²) in [6.07, 6.45) is -1.64. The van der Waals surface area contributed by atoms with E-state index in [-0.39, 0.29) is 31.8 Å². The predicted octanol–water partition coefficient (Wildman–Crippen LogP) is -3.59. The largest absolute Gasteiger partial charge is 0.480 e. The molecule has 0 aliphatic carbocycles. The molecule has 13 N–H and O–H groups in total. The maximum atomic E-state index is 13.3. The molecule has 210 valence electrons. The molecule has 0 bridgehead atoms. The lowest BCUT2D eigenvalue weighted by atomic mass is 10.0. The Labute approximate surface area is 219 Å². The van der Waals surface area contributed by atoms with Crippen molar-refractivity contribution in [3.8, 4) is 0 Å². The molecule has 15 heteroatoms. The summed E-state index contributed by atoms with van der Waals surface area (Å²) in [4.78, 5) is 65.2. The van der Waals surface area contributed by atoms with Crippen LogP contribution in [0.1, 0.15) is 31.7 Å². The van der Waals surface area contributed by atoms with E-state index < -0.39 is 66.3 Å². The third-order valence-corrected chi connectivity index (χ3v) is 5.34. The summed E-state index contributed by atoms with van der Waals surface area (Å²) in [7, 11) is 0. The second-order valence-electron chi connectivity index (χ2n) is 8.60. The number of nitrogens with one attached hydrogen (secondary N) is 3. The van der Waals surface area contributed by atoms with E-state index in [9.17, 15) is 34.2 Å². The van der Waals surface area contributed by atoms with E-state index in [1.807, 2.05) is 0 Å². The number of rotatable bonds is 16. The Morgan fingerprint density at radius 3 is 1.97 bits per heavy atom. The fourth-order valence-electron chi connectivity index (χ4n) is 3.26. The molecule has 1 aromatic rings. The highest BCUT2D eigenvalue weighted by Crippen LogP contribution is 2.07. The van der Waals surface area contributed by atoms with Gasteiger partial charge in [-0.1, -0.05) is 30.3 Å². The zero-order valence-corrected chi connectivity index (χ0v) is 21.0. The second-order valence-corrected chi connectivity index (χ2v) is 8.60. The monoisotopic (exact) mass is 536 g/mol. The van der Waals surface area contributed by atoms with Crippen LogP contribution in [0.3, 0.4) is 0 Å². The standard InChI is InChI=1S/C23H36N8O7/c1-12(32)18(25)21(36)30-15(10-13-6-3-2-4-7-13)20(35)29-14(8-5-9-28-23(26)27)19(34)31-16(22(37)38)11-17(24)33/h2-4,6-7,12,14-16,18,32H,5,8-11,25H2,1H3,(H2,24,33)(H,29,35)(H,30,36)(H,31,34)(H,37,38)(H4,26,27,28). The van der Waals surface area contributed by atoms with Crippen LogP contribution >= 0.6 is 0 Å². The van der Waals surface area contributed by atoms with Crippen LogP contribution in [-0.2, 0) is 30.4 Å². The van der Waals surface area contributed by atoms with E-state index in [2.05, 4.69) is 20.9 Å². The molecule has 4 amide bonds.